The van der Waals surface area contributed by atoms with Crippen molar-refractivity contribution in [3.63, 3.8) is 0 Å². The van der Waals surface area contributed by atoms with Crippen LogP contribution < -0.4 is 15.8 Å². The molecule has 5 aromatic rings. The molecule has 9 heteroatoms. The van der Waals surface area contributed by atoms with Crippen molar-refractivity contribution in [2.24, 2.45) is 5.73 Å². The van der Waals surface area contributed by atoms with Gasteiger partial charge in [-0.3, -0.25) is 9.78 Å². The van der Waals surface area contributed by atoms with E-state index in [1.807, 2.05) is 54.7 Å². The van der Waals surface area contributed by atoms with Gasteiger partial charge in [-0.1, -0.05) is 30.3 Å². The van der Waals surface area contributed by atoms with Gasteiger partial charge < -0.3 is 15.8 Å². The number of nitrogens with two attached hydrogens (primary N) is 1. The summed E-state index contributed by atoms with van der Waals surface area (Å²) in [6.45, 7) is 0.464. The van der Waals surface area contributed by atoms with Crippen LogP contribution in [0.5, 0.6) is 5.75 Å². The summed E-state index contributed by atoms with van der Waals surface area (Å²) in [7, 11) is 1.81. The summed E-state index contributed by atoms with van der Waals surface area (Å²) in [6.07, 6.45) is 6.70. The predicted octanol–water partition coefficient (Wildman–Crippen LogP) is 3.48. The number of hydrogen-bond donors (Lipinski definition) is 2. The van der Waals surface area contributed by atoms with E-state index in [2.05, 4.69) is 15.3 Å². The molecule has 1 saturated carbocycles. The summed E-state index contributed by atoms with van der Waals surface area (Å²) in [5.41, 5.74) is 8.20. The van der Waals surface area contributed by atoms with Crippen LogP contribution in [-0.2, 0) is 16.8 Å². The number of benzene rings is 1. The van der Waals surface area contributed by atoms with Gasteiger partial charge in [0.1, 0.15) is 18.2 Å². The molecule has 1 fully saturated rings. The van der Waals surface area contributed by atoms with Gasteiger partial charge in [-0.05, 0) is 36.6 Å². The summed E-state index contributed by atoms with van der Waals surface area (Å²) in [4.78, 5) is 25.9. The summed E-state index contributed by atoms with van der Waals surface area (Å²) >= 11 is 0. The van der Waals surface area contributed by atoms with Crippen molar-refractivity contribution < 1.29 is 9.53 Å². The highest BCUT2D eigenvalue weighted by atomic mass is 16.5. The monoisotopic (exact) mass is 465 g/mol. The number of primary amides is 1. The van der Waals surface area contributed by atoms with Gasteiger partial charge in [-0.2, -0.15) is 0 Å². The molecule has 1 aliphatic carbocycles. The topological polar surface area (TPSA) is 120 Å². The Morgan fingerprint density at radius 1 is 1.11 bits per heavy atom. The van der Waals surface area contributed by atoms with E-state index in [4.69, 9.17) is 20.6 Å². The van der Waals surface area contributed by atoms with Crippen LogP contribution in [0.2, 0.25) is 0 Å². The van der Waals surface area contributed by atoms with Crippen LogP contribution in [0.3, 0.4) is 0 Å². The van der Waals surface area contributed by atoms with E-state index in [1.54, 1.807) is 24.0 Å². The fourth-order valence-electron chi connectivity index (χ4n) is 4.33. The molecule has 1 aliphatic rings. The third kappa shape index (κ3) is 3.61. The zero-order chi connectivity index (χ0) is 24.0. The van der Waals surface area contributed by atoms with Crippen LogP contribution in [0.4, 0.5) is 5.82 Å². The molecule has 0 unspecified atom stereocenters. The second-order valence-electron chi connectivity index (χ2n) is 8.71. The maximum Gasteiger partial charge on any atom is 0.229 e. The van der Waals surface area contributed by atoms with Crippen LogP contribution in [0.15, 0.2) is 67.1 Å². The molecule has 35 heavy (non-hydrogen) atoms. The summed E-state index contributed by atoms with van der Waals surface area (Å²) in [6, 6.07) is 15.7. The predicted molar refractivity (Wildman–Crippen MR) is 132 cm³/mol. The maximum absolute atomic E-state index is 12.1. The quantitative estimate of drug-likeness (QED) is 0.377. The molecule has 3 N–H and O–H groups in total. The molecule has 1 aromatic carbocycles. The van der Waals surface area contributed by atoms with E-state index in [-0.39, 0.29) is 5.91 Å². The number of anilines is 1. The van der Waals surface area contributed by atoms with E-state index in [0.717, 1.165) is 21.9 Å². The smallest absolute Gasteiger partial charge is 0.229 e. The minimum atomic E-state index is -0.689. The molecule has 4 heterocycles. The van der Waals surface area contributed by atoms with E-state index < -0.39 is 5.41 Å². The van der Waals surface area contributed by atoms with Crippen LogP contribution in [0.25, 0.3) is 27.8 Å². The SMILES string of the molecule is CNc1ncc(-c2nc3ccc(OCc4ccccc4)cn3n2)c2cc(C3(C(N)=O)CC3)ncc12. The van der Waals surface area contributed by atoms with Gasteiger partial charge in [-0.25, -0.2) is 14.5 Å². The highest BCUT2D eigenvalue weighted by molar-refractivity contribution is 6.01. The highest BCUT2D eigenvalue weighted by Gasteiger charge is 2.51. The molecule has 0 spiro atoms. The first kappa shape index (κ1) is 21.0. The van der Waals surface area contributed by atoms with Gasteiger partial charge in [0.15, 0.2) is 11.5 Å². The molecule has 1 amide bonds. The lowest BCUT2D eigenvalue weighted by atomic mass is 9.97. The zero-order valence-corrected chi connectivity index (χ0v) is 19.1. The summed E-state index contributed by atoms with van der Waals surface area (Å²) < 4.78 is 7.63. The Labute approximate surface area is 201 Å². The Hall–Kier alpha value is -4.53. The highest BCUT2D eigenvalue weighted by Crippen LogP contribution is 2.48. The van der Waals surface area contributed by atoms with Gasteiger partial charge in [0.25, 0.3) is 0 Å². The molecule has 6 rings (SSSR count). The van der Waals surface area contributed by atoms with Crippen LogP contribution >= 0.6 is 0 Å². The molecule has 9 nitrogen and oxygen atoms in total. The van der Waals surface area contributed by atoms with E-state index in [9.17, 15) is 4.79 Å². The van der Waals surface area contributed by atoms with Crippen LogP contribution in [-0.4, -0.2) is 37.5 Å². The second-order valence-corrected chi connectivity index (χ2v) is 8.71. The average Bonchev–Trinajstić information content (AvgIpc) is 3.61. The van der Waals surface area contributed by atoms with Crippen molar-refractivity contribution in [1.29, 1.82) is 0 Å². The molecule has 0 aliphatic heterocycles. The van der Waals surface area contributed by atoms with Gasteiger partial charge in [0.2, 0.25) is 5.91 Å². The Morgan fingerprint density at radius 2 is 1.94 bits per heavy atom. The lowest BCUT2D eigenvalue weighted by Gasteiger charge is -2.13. The molecular formula is C26H23N7O2. The maximum atomic E-state index is 12.1. The van der Waals surface area contributed by atoms with Crippen molar-refractivity contribution in [3.8, 4) is 17.1 Å². The number of pyridine rings is 3. The minimum Gasteiger partial charge on any atom is -0.487 e. The Bertz CT molecular complexity index is 1580. The molecule has 0 radical (unpaired) electrons. The number of nitrogens with one attached hydrogen (secondary N) is 1. The standard InChI is InChI=1S/C26H23N7O2/c1-28-23-19-12-29-21(26(9-10-26)25(27)34)11-18(19)20(13-30-23)24-31-22-8-7-17(14-33(22)32-24)35-15-16-5-3-2-4-6-16/h2-8,11-14H,9-10,15H2,1H3,(H2,27,34)(H,28,30). The number of rotatable bonds is 7. The van der Waals surface area contributed by atoms with Crippen molar-refractivity contribution in [2.75, 3.05) is 12.4 Å². The van der Waals surface area contributed by atoms with Crippen molar-refractivity contribution in [3.05, 3.63) is 78.4 Å². The number of aromatic nitrogens is 5. The van der Waals surface area contributed by atoms with Crippen molar-refractivity contribution in [2.45, 2.75) is 24.9 Å². The molecule has 0 saturated heterocycles. The number of nitrogens with zero attached hydrogens (tertiary/aromatic N) is 5. The fourth-order valence-corrected chi connectivity index (χ4v) is 4.33. The molecule has 174 valence electrons. The average molecular weight is 466 g/mol. The molecule has 4 aromatic heterocycles. The minimum absolute atomic E-state index is 0.345. The molecule has 0 atom stereocenters. The van der Waals surface area contributed by atoms with Gasteiger partial charge >= 0.3 is 0 Å². The Balaban J connectivity index is 1.40. The second kappa shape index (κ2) is 8.05. The number of fused-ring (bicyclic) bond motifs is 2. The molecule has 0 bridgehead atoms. The number of carbonyl (C=O) groups is 1. The third-order valence-electron chi connectivity index (χ3n) is 6.51. The zero-order valence-electron chi connectivity index (χ0n) is 19.1. The normalized spacial score (nSPS) is 14.2. The Morgan fingerprint density at radius 3 is 2.69 bits per heavy atom. The van der Waals surface area contributed by atoms with Crippen LogP contribution in [0.1, 0.15) is 24.1 Å². The van der Waals surface area contributed by atoms with E-state index in [0.29, 0.717) is 48.2 Å². The van der Waals surface area contributed by atoms with Gasteiger partial charge in [-0.15, -0.1) is 5.10 Å². The first-order valence-electron chi connectivity index (χ1n) is 11.4. The van der Waals surface area contributed by atoms with Gasteiger partial charge in [0, 0.05) is 35.8 Å². The molecular weight excluding hydrogens is 442 g/mol. The van der Waals surface area contributed by atoms with E-state index >= 15 is 0 Å². The van der Waals surface area contributed by atoms with Crippen molar-refractivity contribution in [1.82, 2.24) is 24.6 Å². The van der Waals surface area contributed by atoms with E-state index in [1.165, 1.54) is 0 Å². The van der Waals surface area contributed by atoms with Gasteiger partial charge in [0.05, 0.1) is 17.3 Å². The van der Waals surface area contributed by atoms with Crippen LogP contribution in [0, 0.1) is 0 Å². The number of ether oxygens (including phenoxy) is 1. The fraction of sp³-hybridized carbons (Fsp3) is 0.192. The summed E-state index contributed by atoms with van der Waals surface area (Å²) in [5.74, 6) is 1.55. The number of amides is 1. The number of carbonyl (C=O) groups excluding carboxylic acids is 1. The third-order valence-corrected chi connectivity index (χ3v) is 6.51. The Kier molecular flexibility index (Phi) is 4.84. The lowest BCUT2D eigenvalue weighted by molar-refractivity contribution is -0.120. The lowest BCUT2D eigenvalue weighted by Crippen LogP contribution is -2.29. The summed E-state index contributed by atoms with van der Waals surface area (Å²) in [5, 5.41) is 9.48. The van der Waals surface area contributed by atoms with Crippen molar-refractivity contribution >= 4 is 28.1 Å². The number of hydrogen-bond acceptors (Lipinski definition) is 7. The first-order chi connectivity index (χ1) is 17.1. The largest absolute Gasteiger partial charge is 0.487 e. The first-order valence-corrected chi connectivity index (χ1v) is 11.4.